The number of ether oxygens (including phenoxy) is 1. The summed E-state index contributed by atoms with van der Waals surface area (Å²) in [6.45, 7) is 3.37. The van der Waals surface area contributed by atoms with Crippen LogP contribution < -0.4 is 5.32 Å². The van der Waals surface area contributed by atoms with Crippen LogP contribution in [-0.2, 0) is 22.7 Å². The second-order valence-corrected chi connectivity index (χ2v) is 6.50. The second kappa shape index (κ2) is 8.18. The van der Waals surface area contributed by atoms with Crippen molar-refractivity contribution in [2.45, 2.75) is 25.2 Å². The van der Waals surface area contributed by atoms with E-state index in [1.54, 1.807) is 7.11 Å². The number of benzene rings is 2. The van der Waals surface area contributed by atoms with E-state index >= 15 is 0 Å². The van der Waals surface area contributed by atoms with Crippen LogP contribution in [0, 0.1) is 0 Å². The average Bonchev–Trinajstić information content (AvgIpc) is 2.99. The summed E-state index contributed by atoms with van der Waals surface area (Å²) in [5, 5.41) is 3.82. The third kappa shape index (κ3) is 4.03. The minimum atomic E-state index is -0.0525. The first-order chi connectivity index (χ1) is 12.2. The molecule has 1 aromatic heterocycles. The summed E-state index contributed by atoms with van der Waals surface area (Å²) in [7, 11) is 1.64. The highest BCUT2D eigenvalue weighted by atomic mass is 32.2. The smallest absolute Gasteiger partial charge is 0.234 e. The molecule has 0 saturated heterocycles. The number of carbonyl (C=O) groups excluding carboxylic acids is 1. The monoisotopic (exact) mass is 355 g/mol. The van der Waals surface area contributed by atoms with Crippen molar-refractivity contribution >= 4 is 34.4 Å². The number of aromatic nitrogens is 2. The van der Waals surface area contributed by atoms with Crippen molar-refractivity contribution < 1.29 is 9.53 Å². The number of rotatable bonds is 7. The van der Waals surface area contributed by atoms with Gasteiger partial charge in [-0.1, -0.05) is 42.1 Å². The van der Waals surface area contributed by atoms with E-state index in [9.17, 15) is 4.79 Å². The Hall–Kier alpha value is -2.31. The predicted molar refractivity (Wildman–Crippen MR) is 102 cm³/mol. The molecule has 0 aliphatic rings. The summed E-state index contributed by atoms with van der Waals surface area (Å²) in [4.78, 5) is 17.0. The molecule has 5 nitrogen and oxygen atoms in total. The molecule has 1 amide bonds. The first-order valence-electron chi connectivity index (χ1n) is 8.17. The highest BCUT2D eigenvalue weighted by Crippen LogP contribution is 2.24. The van der Waals surface area contributed by atoms with E-state index < -0.39 is 0 Å². The molecule has 1 N–H and O–H groups in total. The SMILES string of the molecule is CCn1c(SCC(=O)Nc2ccccc2COC)nc2ccccc21. The molecule has 6 heteroatoms. The Labute approximate surface area is 151 Å². The van der Waals surface area contributed by atoms with Crippen molar-refractivity contribution in [3.63, 3.8) is 0 Å². The van der Waals surface area contributed by atoms with Gasteiger partial charge in [0.25, 0.3) is 0 Å². The molecule has 0 saturated carbocycles. The number of para-hydroxylation sites is 3. The van der Waals surface area contributed by atoms with E-state index in [0.29, 0.717) is 12.4 Å². The molecule has 130 valence electrons. The fourth-order valence-corrected chi connectivity index (χ4v) is 3.59. The lowest BCUT2D eigenvalue weighted by Gasteiger charge is -2.10. The number of fused-ring (bicyclic) bond motifs is 1. The largest absolute Gasteiger partial charge is 0.380 e. The molecule has 2 aromatic carbocycles. The highest BCUT2D eigenvalue weighted by Gasteiger charge is 2.12. The zero-order chi connectivity index (χ0) is 17.6. The summed E-state index contributed by atoms with van der Waals surface area (Å²) < 4.78 is 7.30. The van der Waals surface area contributed by atoms with Crippen LogP contribution in [0.15, 0.2) is 53.7 Å². The lowest BCUT2D eigenvalue weighted by molar-refractivity contribution is -0.113. The number of hydrogen-bond acceptors (Lipinski definition) is 4. The van der Waals surface area contributed by atoms with Gasteiger partial charge in [0.1, 0.15) is 0 Å². The topological polar surface area (TPSA) is 56.2 Å². The average molecular weight is 355 g/mol. The number of nitrogens with zero attached hydrogens (tertiary/aromatic N) is 2. The van der Waals surface area contributed by atoms with Gasteiger partial charge in [-0.2, -0.15) is 0 Å². The lowest BCUT2D eigenvalue weighted by Crippen LogP contribution is -2.16. The number of imidazole rings is 1. The number of anilines is 1. The van der Waals surface area contributed by atoms with Crippen LogP contribution in [0.25, 0.3) is 11.0 Å². The van der Waals surface area contributed by atoms with Crippen molar-refractivity contribution in [3.05, 3.63) is 54.1 Å². The summed E-state index contributed by atoms with van der Waals surface area (Å²) in [5.41, 5.74) is 3.80. The van der Waals surface area contributed by atoms with Crippen LogP contribution in [-0.4, -0.2) is 28.3 Å². The van der Waals surface area contributed by atoms with E-state index in [1.165, 1.54) is 11.8 Å². The number of methoxy groups -OCH3 is 1. The minimum absolute atomic E-state index is 0.0525. The van der Waals surface area contributed by atoms with Crippen LogP contribution in [0.5, 0.6) is 0 Å². The Morgan fingerprint density at radius 1 is 1.20 bits per heavy atom. The first kappa shape index (κ1) is 17.5. The molecule has 0 aliphatic heterocycles. The van der Waals surface area contributed by atoms with Crippen molar-refractivity contribution in [2.75, 3.05) is 18.2 Å². The number of nitrogens with one attached hydrogen (secondary N) is 1. The Bertz CT molecular complexity index is 876. The van der Waals surface area contributed by atoms with E-state index in [-0.39, 0.29) is 5.91 Å². The van der Waals surface area contributed by atoms with Crippen LogP contribution in [0.4, 0.5) is 5.69 Å². The molecule has 3 rings (SSSR count). The highest BCUT2D eigenvalue weighted by molar-refractivity contribution is 7.99. The van der Waals surface area contributed by atoms with E-state index in [4.69, 9.17) is 4.74 Å². The Kier molecular flexibility index (Phi) is 5.73. The van der Waals surface area contributed by atoms with Crippen molar-refractivity contribution in [1.29, 1.82) is 0 Å². The molecular formula is C19H21N3O2S. The molecule has 0 radical (unpaired) electrons. The summed E-state index contributed by atoms with van der Waals surface area (Å²) in [5.74, 6) is 0.258. The molecule has 0 atom stereocenters. The van der Waals surface area contributed by atoms with Gasteiger partial charge in [-0.3, -0.25) is 4.79 Å². The maximum atomic E-state index is 12.3. The maximum Gasteiger partial charge on any atom is 0.234 e. The fraction of sp³-hybridized carbons (Fsp3) is 0.263. The Morgan fingerprint density at radius 3 is 2.76 bits per heavy atom. The van der Waals surface area contributed by atoms with Gasteiger partial charge in [0.15, 0.2) is 5.16 Å². The summed E-state index contributed by atoms with van der Waals surface area (Å²) in [6, 6.07) is 15.7. The van der Waals surface area contributed by atoms with Crippen molar-refractivity contribution in [3.8, 4) is 0 Å². The third-order valence-electron chi connectivity index (χ3n) is 3.86. The van der Waals surface area contributed by atoms with Gasteiger partial charge in [0.05, 0.1) is 23.4 Å². The van der Waals surface area contributed by atoms with Crippen LogP contribution in [0.1, 0.15) is 12.5 Å². The zero-order valence-electron chi connectivity index (χ0n) is 14.4. The molecule has 25 heavy (non-hydrogen) atoms. The third-order valence-corrected chi connectivity index (χ3v) is 4.84. The molecule has 0 bridgehead atoms. The Morgan fingerprint density at radius 2 is 1.96 bits per heavy atom. The maximum absolute atomic E-state index is 12.3. The van der Waals surface area contributed by atoms with Crippen molar-refractivity contribution in [1.82, 2.24) is 9.55 Å². The number of carbonyl (C=O) groups is 1. The van der Waals surface area contributed by atoms with Gasteiger partial charge in [-0.05, 0) is 25.1 Å². The molecule has 1 heterocycles. The number of aryl methyl sites for hydroxylation is 1. The number of thioether (sulfide) groups is 1. The molecular weight excluding hydrogens is 334 g/mol. The summed E-state index contributed by atoms with van der Waals surface area (Å²) >= 11 is 1.45. The summed E-state index contributed by atoms with van der Waals surface area (Å²) in [6.07, 6.45) is 0. The Balaban J connectivity index is 1.69. The molecule has 0 fully saturated rings. The quantitative estimate of drug-likeness (QED) is 0.652. The molecule has 0 spiro atoms. The molecule has 0 aliphatic carbocycles. The van der Waals surface area contributed by atoms with Gasteiger partial charge in [0, 0.05) is 24.9 Å². The number of amides is 1. The number of hydrogen-bond donors (Lipinski definition) is 1. The van der Waals surface area contributed by atoms with Gasteiger partial charge < -0.3 is 14.6 Å². The minimum Gasteiger partial charge on any atom is -0.380 e. The van der Waals surface area contributed by atoms with Crippen LogP contribution >= 0.6 is 11.8 Å². The predicted octanol–water partition coefficient (Wildman–Crippen LogP) is 3.93. The van der Waals surface area contributed by atoms with Gasteiger partial charge >= 0.3 is 0 Å². The first-order valence-corrected chi connectivity index (χ1v) is 9.16. The molecule has 3 aromatic rings. The zero-order valence-corrected chi connectivity index (χ0v) is 15.2. The van der Waals surface area contributed by atoms with Crippen LogP contribution in [0.2, 0.25) is 0 Å². The van der Waals surface area contributed by atoms with E-state index in [2.05, 4.69) is 27.9 Å². The fourth-order valence-electron chi connectivity index (χ4n) is 2.71. The standard InChI is InChI=1S/C19H21N3O2S/c1-3-22-17-11-7-6-10-16(17)21-19(22)25-13-18(23)20-15-9-5-4-8-14(15)12-24-2/h4-11H,3,12-13H2,1-2H3,(H,20,23). The normalized spacial score (nSPS) is 11.0. The van der Waals surface area contributed by atoms with Crippen molar-refractivity contribution in [2.24, 2.45) is 0 Å². The van der Waals surface area contributed by atoms with Gasteiger partial charge in [-0.25, -0.2) is 4.98 Å². The van der Waals surface area contributed by atoms with Crippen LogP contribution in [0.3, 0.4) is 0 Å². The van der Waals surface area contributed by atoms with E-state index in [0.717, 1.165) is 34.0 Å². The van der Waals surface area contributed by atoms with Gasteiger partial charge in [-0.15, -0.1) is 0 Å². The van der Waals surface area contributed by atoms with E-state index in [1.807, 2.05) is 42.5 Å². The second-order valence-electron chi connectivity index (χ2n) is 5.55. The van der Waals surface area contributed by atoms with Gasteiger partial charge in [0.2, 0.25) is 5.91 Å². The lowest BCUT2D eigenvalue weighted by atomic mass is 10.2. The molecule has 0 unspecified atom stereocenters.